The van der Waals surface area contributed by atoms with Gasteiger partial charge in [-0.05, 0) is 18.4 Å². The van der Waals surface area contributed by atoms with Crippen LogP contribution in [0.4, 0.5) is 4.39 Å². The SMILES string of the molecule is COc1c(CON)cc(F)cc1SC. The monoisotopic (exact) mass is 217 g/mol. The summed E-state index contributed by atoms with van der Waals surface area (Å²) in [6, 6.07) is 2.77. The van der Waals surface area contributed by atoms with E-state index >= 15 is 0 Å². The van der Waals surface area contributed by atoms with Crippen LogP contribution in [-0.2, 0) is 11.4 Å². The molecule has 1 aromatic rings. The van der Waals surface area contributed by atoms with Crippen LogP contribution in [-0.4, -0.2) is 13.4 Å². The second-order valence-electron chi connectivity index (χ2n) is 2.61. The van der Waals surface area contributed by atoms with Crippen LogP contribution in [0.2, 0.25) is 0 Å². The molecule has 0 bridgehead atoms. The first-order valence-electron chi connectivity index (χ1n) is 3.95. The second-order valence-corrected chi connectivity index (χ2v) is 3.46. The third-order valence-corrected chi connectivity index (χ3v) is 2.50. The average molecular weight is 217 g/mol. The molecule has 0 aromatic heterocycles. The molecule has 0 spiro atoms. The van der Waals surface area contributed by atoms with Gasteiger partial charge in [-0.25, -0.2) is 10.3 Å². The smallest absolute Gasteiger partial charge is 0.138 e. The Morgan fingerprint density at radius 2 is 2.21 bits per heavy atom. The van der Waals surface area contributed by atoms with Gasteiger partial charge in [-0.1, -0.05) is 0 Å². The Morgan fingerprint density at radius 3 is 2.71 bits per heavy atom. The largest absolute Gasteiger partial charge is 0.495 e. The lowest BCUT2D eigenvalue weighted by molar-refractivity contribution is 0.121. The highest BCUT2D eigenvalue weighted by atomic mass is 32.2. The van der Waals surface area contributed by atoms with Gasteiger partial charge in [0.25, 0.3) is 0 Å². The predicted molar refractivity (Wildman–Crippen MR) is 53.7 cm³/mol. The predicted octanol–water partition coefficient (Wildman–Crippen LogP) is 1.95. The van der Waals surface area contributed by atoms with Crippen LogP contribution in [0.25, 0.3) is 0 Å². The summed E-state index contributed by atoms with van der Waals surface area (Å²) in [5.74, 6) is 5.24. The van der Waals surface area contributed by atoms with E-state index in [0.29, 0.717) is 11.3 Å². The zero-order valence-electron chi connectivity index (χ0n) is 8.04. The van der Waals surface area contributed by atoms with Crippen molar-refractivity contribution < 1.29 is 14.0 Å². The van der Waals surface area contributed by atoms with Gasteiger partial charge in [0.15, 0.2) is 0 Å². The number of hydrogen-bond donors (Lipinski definition) is 1. The number of rotatable bonds is 4. The molecular formula is C9H12FNO2S. The molecule has 78 valence electrons. The molecule has 14 heavy (non-hydrogen) atoms. The van der Waals surface area contributed by atoms with Crippen molar-refractivity contribution in [2.24, 2.45) is 5.90 Å². The molecular weight excluding hydrogens is 205 g/mol. The maximum atomic E-state index is 13.1. The fraction of sp³-hybridized carbons (Fsp3) is 0.333. The van der Waals surface area contributed by atoms with Gasteiger partial charge in [0.1, 0.15) is 11.6 Å². The topological polar surface area (TPSA) is 44.5 Å². The molecule has 0 aliphatic carbocycles. The van der Waals surface area contributed by atoms with Crippen LogP contribution in [0.3, 0.4) is 0 Å². The third-order valence-electron chi connectivity index (χ3n) is 1.76. The van der Waals surface area contributed by atoms with E-state index in [-0.39, 0.29) is 12.4 Å². The molecule has 0 saturated carbocycles. The van der Waals surface area contributed by atoms with Crippen molar-refractivity contribution in [2.75, 3.05) is 13.4 Å². The van der Waals surface area contributed by atoms with E-state index in [1.54, 1.807) is 0 Å². The van der Waals surface area contributed by atoms with Gasteiger partial charge < -0.3 is 4.74 Å². The van der Waals surface area contributed by atoms with Gasteiger partial charge in [0, 0.05) is 5.56 Å². The first kappa shape index (κ1) is 11.3. The first-order valence-corrected chi connectivity index (χ1v) is 5.17. The van der Waals surface area contributed by atoms with E-state index in [2.05, 4.69) is 4.84 Å². The molecule has 0 aliphatic rings. The van der Waals surface area contributed by atoms with Crippen molar-refractivity contribution in [3.8, 4) is 5.75 Å². The van der Waals surface area contributed by atoms with Gasteiger partial charge in [0.05, 0.1) is 18.6 Å². The molecule has 3 nitrogen and oxygen atoms in total. The molecule has 0 unspecified atom stereocenters. The van der Waals surface area contributed by atoms with Crippen molar-refractivity contribution in [1.82, 2.24) is 0 Å². The van der Waals surface area contributed by atoms with Gasteiger partial charge in [0.2, 0.25) is 0 Å². The fourth-order valence-electron chi connectivity index (χ4n) is 1.20. The summed E-state index contributed by atoms with van der Waals surface area (Å²) < 4.78 is 18.2. The van der Waals surface area contributed by atoms with Crippen LogP contribution in [0.1, 0.15) is 5.56 Å². The minimum Gasteiger partial charge on any atom is -0.495 e. The summed E-state index contributed by atoms with van der Waals surface area (Å²) in [7, 11) is 1.53. The fourth-order valence-corrected chi connectivity index (χ4v) is 1.83. The van der Waals surface area contributed by atoms with Crippen molar-refractivity contribution in [3.63, 3.8) is 0 Å². The minimum absolute atomic E-state index is 0.133. The van der Waals surface area contributed by atoms with Crippen molar-refractivity contribution in [3.05, 3.63) is 23.5 Å². The molecule has 0 radical (unpaired) electrons. The Balaban J connectivity index is 3.17. The lowest BCUT2D eigenvalue weighted by atomic mass is 10.2. The average Bonchev–Trinajstić information content (AvgIpc) is 2.17. The second kappa shape index (κ2) is 5.19. The minimum atomic E-state index is -0.317. The van der Waals surface area contributed by atoms with Crippen LogP contribution < -0.4 is 10.6 Å². The van der Waals surface area contributed by atoms with Gasteiger partial charge in [-0.3, -0.25) is 4.84 Å². The standard InChI is InChI=1S/C9H12FNO2S/c1-12-9-6(5-13-11)3-7(10)4-8(9)14-2/h3-4H,5,11H2,1-2H3. The summed E-state index contributed by atoms with van der Waals surface area (Å²) in [5, 5.41) is 0. The number of benzene rings is 1. The Kier molecular flexibility index (Phi) is 4.19. The van der Waals surface area contributed by atoms with Crippen LogP contribution in [0.15, 0.2) is 17.0 Å². The highest BCUT2D eigenvalue weighted by molar-refractivity contribution is 7.98. The summed E-state index contributed by atoms with van der Waals surface area (Å²) >= 11 is 1.41. The van der Waals surface area contributed by atoms with Crippen molar-refractivity contribution in [1.29, 1.82) is 0 Å². The van der Waals surface area contributed by atoms with Crippen LogP contribution in [0.5, 0.6) is 5.75 Å². The quantitative estimate of drug-likeness (QED) is 0.618. The zero-order chi connectivity index (χ0) is 10.6. The summed E-state index contributed by atoms with van der Waals surface area (Å²) in [6.45, 7) is 0.133. The van der Waals surface area contributed by atoms with E-state index in [9.17, 15) is 4.39 Å². The molecule has 0 aliphatic heterocycles. The van der Waals surface area contributed by atoms with E-state index in [0.717, 1.165) is 4.90 Å². The van der Waals surface area contributed by atoms with Crippen molar-refractivity contribution in [2.45, 2.75) is 11.5 Å². The van der Waals surface area contributed by atoms with Crippen molar-refractivity contribution >= 4 is 11.8 Å². The highest BCUT2D eigenvalue weighted by Crippen LogP contribution is 2.32. The van der Waals surface area contributed by atoms with E-state index in [4.69, 9.17) is 10.6 Å². The number of methoxy groups -OCH3 is 1. The van der Waals surface area contributed by atoms with Gasteiger partial charge >= 0.3 is 0 Å². The molecule has 0 amide bonds. The van der Waals surface area contributed by atoms with E-state index in [1.165, 1.54) is 31.0 Å². The molecule has 0 fully saturated rings. The van der Waals surface area contributed by atoms with Crippen LogP contribution in [0, 0.1) is 5.82 Å². The molecule has 1 aromatic carbocycles. The van der Waals surface area contributed by atoms with Crippen LogP contribution >= 0.6 is 11.8 Å². The molecule has 5 heteroatoms. The molecule has 0 atom stereocenters. The van der Waals surface area contributed by atoms with E-state index < -0.39 is 0 Å². The molecule has 0 saturated heterocycles. The van der Waals surface area contributed by atoms with E-state index in [1.807, 2.05) is 6.26 Å². The Bertz CT molecular complexity index is 320. The Labute approximate surface area is 86.3 Å². The number of nitrogens with two attached hydrogens (primary N) is 1. The molecule has 1 rings (SSSR count). The number of halogens is 1. The third kappa shape index (κ3) is 2.37. The number of ether oxygens (including phenoxy) is 1. The molecule has 2 N–H and O–H groups in total. The first-order chi connectivity index (χ1) is 6.72. The highest BCUT2D eigenvalue weighted by Gasteiger charge is 2.10. The van der Waals surface area contributed by atoms with Gasteiger partial charge in [-0.2, -0.15) is 0 Å². The van der Waals surface area contributed by atoms with Gasteiger partial charge in [-0.15, -0.1) is 11.8 Å². The lowest BCUT2D eigenvalue weighted by Crippen LogP contribution is -2.02. The Morgan fingerprint density at radius 1 is 1.50 bits per heavy atom. The summed E-state index contributed by atoms with van der Waals surface area (Å²) in [6.07, 6.45) is 1.85. The molecule has 0 heterocycles. The maximum Gasteiger partial charge on any atom is 0.138 e. The Hall–Kier alpha value is -0.780. The number of hydrogen-bond acceptors (Lipinski definition) is 4. The summed E-state index contributed by atoms with van der Waals surface area (Å²) in [5.41, 5.74) is 0.611. The summed E-state index contributed by atoms with van der Waals surface area (Å²) in [4.78, 5) is 5.20. The maximum absolute atomic E-state index is 13.1. The normalized spacial score (nSPS) is 10.3. The lowest BCUT2D eigenvalue weighted by Gasteiger charge is -2.11. The zero-order valence-corrected chi connectivity index (χ0v) is 8.86. The number of thioether (sulfide) groups is 1.